The Balaban J connectivity index is 2.74. The zero-order chi connectivity index (χ0) is 14.4. The average molecular weight is 349 g/mol. The highest BCUT2D eigenvalue weighted by atomic mass is 79.9. The highest BCUT2D eigenvalue weighted by Crippen LogP contribution is 2.23. The number of halogens is 2. The summed E-state index contributed by atoms with van der Waals surface area (Å²) in [4.78, 5) is 12.0. The number of nitrogens with zero attached hydrogens (tertiary/aromatic N) is 1. The van der Waals surface area contributed by atoms with E-state index in [1.807, 2.05) is 6.92 Å². The second kappa shape index (κ2) is 7.35. The highest BCUT2D eigenvalue weighted by molar-refractivity contribution is 9.10. The first kappa shape index (κ1) is 15.8. The van der Waals surface area contributed by atoms with Gasteiger partial charge in [-0.1, -0.05) is 23.7 Å². The Morgan fingerprint density at radius 2 is 2.32 bits per heavy atom. The maximum Gasteiger partial charge on any atom is 0.251 e. The largest absolute Gasteiger partial charge is 0.409 e. The van der Waals surface area contributed by atoms with Gasteiger partial charge in [-0.3, -0.25) is 4.79 Å². The molecule has 1 rings (SSSR count). The summed E-state index contributed by atoms with van der Waals surface area (Å²) in [7, 11) is 0. The molecule has 0 aliphatic carbocycles. The molecule has 0 aromatic heterocycles. The van der Waals surface area contributed by atoms with Crippen LogP contribution in [0.15, 0.2) is 27.8 Å². The topological polar surface area (TPSA) is 87.7 Å². The van der Waals surface area contributed by atoms with Crippen LogP contribution in [0.1, 0.15) is 30.1 Å². The quantitative estimate of drug-likeness (QED) is 0.331. The van der Waals surface area contributed by atoms with Crippen LogP contribution in [0.5, 0.6) is 0 Å². The molecule has 1 aromatic rings. The highest BCUT2D eigenvalue weighted by Gasteiger charge is 2.14. The van der Waals surface area contributed by atoms with Crippen molar-refractivity contribution < 1.29 is 10.0 Å². The van der Waals surface area contributed by atoms with Gasteiger partial charge >= 0.3 is 0 Å². The first-order chi connectivity index (χ1) is 8.97. The van der Waals surface area contributed by atoms with Crippen molar-refractivity contribution in [3.63, 3.8) is 0 Å². The van der Waals surface area contributed by atoms with Crippen molar-refractivity contribution >= 4 is 39.3 Å². The summed E-state index contributed by atoms with van der Waals surface area (Å²) >= 11 is 9.13. The number of carbonyl (C=O) groups excluding carboxylic acids is 1. The van der Waals surface area contributed by atoms with E-state index >= 15 is 0 Å². The molecular formula is C12H15BrClN3O2. The minimum Gasteiger partial charge on any atom is -0.409 e. The van der Waals surface area contributed by atoms with Crippen molar-refractivity contribution in [3.8, 4) is 0 Å². The van der Waals surface area contributed by atoms with Crippen molar-refractivity contribution in [2.45, 2.75) is 25.8 Å². The first-order valence-corrected chi connectivity index (χ1v) is 6.87. The van der Waals surface area contributed by atoms with Gasteiger partial charge in [0, 0.05) is 22.5 Å². The van der Waals surface area contributed by atoms with Crippen LogP contribution in [0.3, 0.4) is 0 Å². The van der Waals surface area contributed by atoms with Crippen molar-refractivity contribution in [1.29, 1.82) is 0 Å². The van der Waals surface area contributed by atoms with Gasteiger partial charge in [0.25, 0.3) is 5.91 Å². The number of carbonyl (C=O) groups is 1. The minimum atomic E-state index is -0.227. The fourth-order valence-electron chi connectivity index (χ4n) is 1.50. The summed E-state index contributed by atoms with van der Waals surface area (Å²) < 4.78 is 0.659. The summed E-state index contributed by atoms with van der Waals surface area (Å²) in [6, 6.07) is 4.75. The van der Waals surface area contributed by atoms with E-state index in [9.17, 15) is 4.79 Å². The molecule has 0 aliphatic heterocycles. The predicted molar refractivity (Wildman–Crippen MR) is 78.7 cm³/mol. The summed E-state index contributed by atoms with van der Waals surface area (Å²) in [5, 5.41) is 14.8. The molecule has 0 saturated heterocycles. The normalized spacial score (nSPS) is 13.1. The number of rotatable bonds is 5. The molecule has 0 spiro atoms. The van der Waals surface area contributed by atoms with Crippen molar-refractivity contribution in [2.24, 2.45) is 10.9 Å². The molecular weight excluding hydrogens is 334 g/mol. The van der Waals surface area contributed by atoms with Gasteiger partial charge in [-0.25, -0.2) is 0 Å². The zero-order valence-electron chi connectivity index (χ0n) is 10.4. The van der Waals surface area contributed by atoms with Gasteiger partial charge in [-0.05, 0) is 40.5 Å². The van der Waals surface area contributed by atoms with Crippen LogP contribution in [-0.4, -0.2) is 23.0 Å². The molecule has 1 unspecified atom stereocenters. The molecule has 5 nitrogen and oxygen atoms in total. The predicted octanol–water partition coefficient (Wildman–Crippen LogP) is 2.75. The van der Waals surface area contributed by atoms with E-state index in [2.05, 4.69) is 26.4 Å². The van der Waals surface area contributed by atoms with Gasteiger partial charge in [-0.15, -0.1) is 0 Å². The first-order valence-electron chi connectivity index (χ1n) is 5.70. The number of nitrogens with one attached hydrogen (secondary N) is 1. The monoisotopic (exact) mass is 347 g/mol. The van der Waals surface area contributed by atoms with Gasteiger partial charge in [0.2, 0.25) is 0 Å². The standard InChI is InChI=1S/C12H15BrClN3O2/c1-2-8(6-11(15)17-19)16-12(18)7-3-4-10(14)9(13)5-7/h3-5,8,19H,2,6H2,1H3,(H2,15,17)(H,16,18). The fraction of sp³-hybridized carbons (Fsp3) is 0.333. The lowest BCUT2D eigenvalue weighted by Gasteiger charge is -2.16. The third-order valence-corrected chi connectivity index (χ3v) is 3.81. The summed E-state index contributed by atoms with van der Waals surface area (Å²) in [6.07, 6.45) is 0.976. The van der Waals surface area contributed by atoms with Gasteiger partial charge in [-0.2, -0.15) is 0 Å². The van der Waals surface area contributed by atoms with E-state index in [1.165, 1.54) is 0 Å². The van der Waals surface area contributed by atoms with Crippen LogP contribution >= 0.6 is 27.5 Å². The number of amidine groups is 1. The number of hydrogen-bond acceptors (Lipinski definition) is 3. The Hall–Kier alpha value is -1.27. The second-order valence-electron chi connectivity index (χ2n) is 4.00. The van der Waals surface area contributed by atoms with Crippen LogP contribution in [0, 0.1) is 0 Å². The van der Waals surface area contributed by atoms with Crippen molar-refractivity contribution in [1.82, 2.24) is 5.32 Å². The molecule has 1 aromatic carbocycles. The molecule has 4 N–H and O–H groups in total. The SMILES string of the molecule is CCC(C/C(N)=N/O)NC(=O)c1ccc(Cl)c(Br)c1. The number of oxime groups is 1. The molecule has 0 aliphatic rings. The van der Waals surface area contributed by atoms with Crippen LogP contribution in [0.2, 0.25) is 5.02 Å². The van der Waals surface area contributed by atoms with Gasteiger partial charge in [0.1, 0.15) is 5.84 Å². The number of nitrogens with two attached hydrogens (primary N) is 1. The number of hydrogen-bond donors (Lipinski definition) is 3. The van der Waals surface area contributed by atoms with Crippen molar-refractivity contribution in [3.05, 3.63) is 33.3 Å². The summed E-state index contributed by atoms with van der Waals surface area (Å²) in [5.74, 6) is -0.139. The third-order valence-electron chi connectivity index (χ3n) is 2.59. The summed E-state index contributed by atoms with van der Waals surface area (Å²) in [5.41, 5.74) is 5.93. The van der Waals surface area contributed by atoms with Crippen LogP contribution in [0.4, 0.5) is 0 Å². The van der Waals surface area contributed by atoms with E-state index in [-0.39, 0.29) is 17.8 Å². The maximum absolute atomic E-state index is 12.0. The zero-order valence-corrected chi connectivity index (χ0v) is 12.7. The van der Waals surface area contributed by atoms with Gasteiger partial charge < -0.3 is 16.3 Å². The van der Waals surface area contributed by atoms with E-state index in [1.54, 1.807) is 18.2 Å². The molecule has 0 radical (unpaired) electrons. The van der Waals surface area contributed by atoms with E-state index in [4.69, 9.17) is 22.5 Å². The molecule has 0 saturated carbocycles. The molecule has 104 valence electrons. The Kier molecular flexibility index (Phi) is 6.11. The second-order valence-corrected chi connectivity index (χ2v) is 5.26. The Morgan fingerprint density at radius 1 is 1.63 bits per heavy atom. The maximum atomic E-state index is 12.0. The average Bonchev–Trinajstić information content (AvgIpc) is 2.40. The van der Waals surface area contributed by atoms with Crippen LogP contribution < -0.4 is 11.1 Å². The Labute approximate surface area is 124 Å². The number of benzene rings is 1. The lowest BCUT2D eigenvalue weighted by Crippen LogP contribution is -2.37. The van der Waals surface area contributed by atoms with E-state index in [0.29, 0.717) is 27.9 Å². The molecule has 1 amide bonds. The van der Waals surface area contributed by atoms with E-state index < -0.39 is 0 Å². The molecule has 19 heavy (non-hydrogen) atoms. The minimum absolute atomic E-state index is 0.0874. The third kappa shape index (κ3) is 4.72. The molecule has 0 fully saturated rings. The van der Waals surface area contributed by atoms with Crippen LogP contribution in [0.25, 0.3) is 0 Å². The van der Waals surface area contributed by atoms with Gasteiger partial charge in [0.05, 0.1) is 5.02 Å². The fourth-order valence-corrected chi connectivity index (χ4v) is 1.99. The Bertz CT molecular complexity index is 494. The molecule has 1 atom stereocenters. The molecule has 0 heterocycles. The number of amides is 1. The van der Waals surface area contributed by atoms with E-state index in [0.717, 1.165) is 0 Å². The lowest BCUT2D eigenvalue weighted by atomic mass is 10.1. The Morgan fingerprint density at radius 3 is 2.84 bits per heavy atom. The molecule has 7 heteroatoms. The smallest absolute Gasteiger partial charge is 0.251 e. The van der Waals surface area contributed by atoms with Gasteiger partial charge in [0.15, 0.2) is 0 Å². The molecule has 0 bridgehead atoms. The van der Waals surface area contributed by atoms with Crippen molar-refractivity contribution in [2.75, 3.05) is 0 Å². The lowest BCUT2D eigenvalue weighted by molar-refractivity contribution is 0.0937. The van der Waals surface area contributed by atoms with Crippen LogP contribution in [-0.2, 0) is 0 Å². The summed E-state index contributed by atoms with van der Waals surface area (Å²) in [6.45, 7) is 1.91.